The smallest absolute Gasteiger partial charge is 0.237 e. The summed E-state index contributed by atoms with van der Waals surface area (Å²) in [6, 6.07) is 8.60. The molecule has 2 saturated carbocycles. The van der Waals surface area contributed by atoms with Gasteiger partial charge in [-0.25, -0.2) is 0 Å². The van der Waals surface area contributed by atoms with E-state index in [9.17, 15) is 9.90 Å². The summed E-state index contributed by atoms with van der Waals surface area (Å²) in [4.78, 5) is 15.1. The lowest BCUT2D eigenvalue weighted by atomic mass is 9.85. The number of rotatable bonds is 4. The number of benzene rings is 1. The van der Waals surface area contributed by atoms with Gasteiger partial charge in [0.05, 0.1) is 6.04 Å². The fourth-order valence-corrected chi connectivity index (χ4v) is 5.20. The molecule has 4 nitrogen and oxygen atoms in total. The van der Waals surface area contributed by atoms with Crippen LogP contribution in [0.15, 0.2) is 24.3 Å². The van der Waals surface area contributed by atoms with Gasteiger partial charge in [0.1, 0.15) is 0 Å². The maximum Gasteiger partial charge on any atom is 0.237 e. The van der Waals surface area contributed by atoms with Gasteiger partial charge in [-0.3, -0.25) is 9.69 Å². The average molecular weight is 328 g/mol. The van der Waals surface area contributed by atoms with Gasteiger partial charge in [-0.15, -0.1) is 0 Å². The van der Waals surface area contributed by atoms with Crippen LogP contribution in [0, 0.1) is 17.8 Å². The molecule has 130 valence electrons. The van der Waals surface area contributed by atoms with Crippen molar-refractivity contribution in [3.05, 3.63) is 35.4 Å². The molecule has 5 atom stereocenters. The molecule has 0 spiro atoms. The Morgan fingerprint density at radius 1 is 1.29 bits per heavy atom. The van der Waals surface area contributed by atoms with Crippen molar-refractivity contribution in [2.75, 3.05) is 13.2 Å². The van der Waals surface area contributed by atoms with Crippen LogP contribution >= 0.6 is 0 Å². The molecule has 1 amide bonds. The van der Waals surface area contributed by atoms with Crippen molar-refractivity contribution in [3.63, 3.8) is 0 Å². The molecule has 1 heterocycles. The lowest BCUT2D eigenvalue weighted by Crippen LogP contribution is -2.53. The highest BCUT2D eigenvalue weighted by Gasteiger charge is 2.48. The summed E-state index contributed by atoms with van der Waals surface area (Å²) in [5, 5.41) is 13.0. The lowest BCUT2D eigenvalue weighted by Gasteiger charge is -2.36. The minimum absolute atomic E-state index is 0.114. The molecule has 2 bridgehead atoms. The zero-order valence-corrected chi connectivity index (χ0v) is 14.4. The first-order chi connectivity index (χ1) is 11.7. The molecule has 2 aliphatic carbocycles. The van der Waals surface area contributed by atoms with Crippen LogP contribution in [-0.4, -0.2) is 41.1 Å². The molecule has 0 radical (unpaired) electrons. The maximum absolute atomic E-state index is 12.8. The topological polar surface area (TPSA) is 52.6 Å². The van der Waals surface area contributed by atoms with Crippen molar-refractivity contribution in [3.8, 4) is 0 Å². The van der Waals surface area contributed by atoms with E-state index in [1.54, 1.807) is 0 Å². The van der Waals surface area contributed by atoms with Crippen LogP contribution in [0.5, 0.6) is 0 Å². The predicted octanol–water partition coefficient (Wildman–Crippen LogP) is 1.96. The van der Waals surface area contributed by atoms with E-state index in [1.165, 1.54) is 30.4 Å². The fourth-order valence-electron chi connectivity index (χ4n) is 5.20. The van der Waals surface area contributed by atoms with E-state index in [-0.39, 0.29) is 30.5 Å². The number of carbonyl (C=O) groups excluding carboxylic acids is 1. The Labute approximate surface area is 144 Å². The second-order valence-electron chi connectivity index (χ2n) is 7.88. The van der Waals surface area contributed by atoms with Gasteiger partial charge >= 0.3 is 0 Å². The number of hydrogen-bond donors (Lipinski definition) is 2. The Bertz CT molecular complexity index is 617. The van der Waals surface area contributed by atoms with Gasteiger partial charge in [0.15, 0.2) is 0 Å². The molecule has 5 unspecified atom stereocenters. The van der Waals surface area contributed by atoms with Crippen LogP contribution in [0.3, 0.4) is 0 Å². The average Bonchev–Trinajstić information content (AvgIpc) is 3.22. The van der Waals surface area contributed by atoms with E-state index in [0.717, 1.165) is 19.5 Å². The molecule has 4 heteroatoms. The Kier molecular flexibility index (Phi) is 4.35. The van der Waals surface area contributed by atoms with E-state index in [0.29, 0.717) is 11.8 Å². The van der Waals surface area contributed by atoms with Crippen molar-refractivity contribution < 1.29 is 9.90 Å². The summed E-state index contributed by atoms with van der Waals surface area (Å²) < 4.78 is 0. The van der Waals surface area contributed by atoms with E-state index in [1.807, 2.05) is 6.92 Å². The van der Waals surface area contributed by atoms with Crippen molar-refractivity contribution >= 4 is 5.91 Å². The fraction of sp³-hybridized carbons (Fsp3) is 0.650. The van der Waals surface area contributed by atoms with Crippen LogP contribution in [0.1, 0.15) is 37.3 Å². The Morgan fingerprint density at radius 3 is 2.83 bits per heavy atom. The molecule has 0 saturated heterocycles. The summed E-state index contributed by atoms with van der Waals surface area (Å²) in [6.07, 6.45) is 4.63. The molecule has 24 heavy (non-hydrogen) atoms. The first-order valence-electron chi connectivity index (χ1n) is 9.39. The number of aliphatic hydroxyl groups is 1. The number of fused-ring (bicyclic) bond motifs is 3. The van der Waals surface area contributed by atoms with Crippen molar-refractivity contribution in [2.45, 2.75) is 51.2 Å². The van der Waals surface area contributed by atoms with Crippen LogP contribution in [0.25, 0.3) is 0 Å². The third kappa shape index (κ3) is 2.76. The van der Waals surface area contributed by atoms with Gasteiger partial charge in [0, 0.05) is 31.7 Å². The van der Waals surface area contributed by atoms with Crippen LogP contribution in [0.2, 0.25) is 0 Å². The molecule has 1 aromatic carbocycles. The van der Waals surface area contributed by atoms with E-state index in [4.69, 9.17) is 0 Å². The monoisotopic (exact) mass is 328 g/mol. The third-order valence-electron chi connectivity index (χ3n) is 6.70. The molecular weight excluding hydrogens is 300 g/mol. The summed E-state index contributed by atoms with van der Waals surface area (Å²) in [5.74, 6) is 1.58. The molecule has 4 rings (SSSR count). The molecule has 2 N–H and O–H groups in total. The van der Waals surface area contributed by atoms with Crippen molar-refractivity contribution in [1.82, 2.24) is 10.2 Å². The minimum Gasteiger partial charge on any atom is -0.396 e. The predicted molar refractivity (Wildman–Crippen MR) is 93.4 cm³/mol. The minimum atomic E-state index is -0.114. The number of hydrogen-bond acceptors (Lipinski definition) is 3. The maximum atomic E-state index is 12.8. The van der Waals surface area contributed by atoms with Gasteiger partial charge in [0.25, 0.3) is 0 Å². The van der Waals surface area contributed by atoms with Gasteiger partial charge in [0.2, 0.25) is 5.91 Å². The summed E-state index contributed by atoms with van der Waals surface area (Å²) in [6.45, 7) is 4.01. The second kappa shape index (κ2) is 6.49. The number of aliphatic hydroxyl groups excluding tert-OH is 1. The highest BCUT2D eigenvalue weighted by atomic mass is 16.3. The zero-order valence-electron chi connectivity index (χ0n) is 14.4. The number of nitrogens with zero attached hydrogens (tertiary/aromatic N) is 1. The summed E-state index contributed by atoms with van der Waals surface area (Å²) >= 11 is 0. The Hall–Kier alpha value is -1.39. The van der Waals surface area contributed by atoms with Crippen LogP contribution < -0.4 is 5.32 Å². The normalized spacial score (nSPS) is 33.2. The summed E-state index contributed by atoms with van der Waals surface area (Å²) in [7, 11) is 0. The lowest BCUT2D eigenvalue weighted by molar-refractivity contribution is -0.127. The van der Waals surface area contributed by atoms with Gasteiger partial charge in [-0.1, -0.05) is 24.3 Å². The van der Waals surface area contributed by atoms with Crippen molar-refractivity contribution in [2.24, 2.45) is 17.8 Å². The van der Waals surface area contributed by atoms with Crippen molar-refractivity contribution in [1.29, 1.82) is 0 Å². The second-order valence-corrected chi connectivity index (χ2v) is 7.88. The number of carbonyl (C=O) groups is 1. The van der Waals surface area contributed by atoms with Crippen LogP contribution in [-0.2, 0) is 17.8 Å². The molecule has 1 aliphatic heterocycles. The SMILES string of the molecule is CC(C(=O)NC1C2CCC(C2)C1CO)N1CCc2ccccc2C1. The Morgan fingerprint density at radius 2 is 2.04 bits per heavy atom. The number of amides is 1. The highest BCUT2D eigenvalue weighted by molar-refractivity contribution is 5.81. The summed E-state index contributed by atoms with van der Waals surface area (Å²) in [5.41, 5.74) is 2.76. The Balaban J connectivity index is 1.40. The first kappa shape index (κ1) is 16.1. The quantitative estimate of drug-likeness (QED) is 0.888. The van der Waals surface area contributed by atoms with E-state index >= 15 is 0 Å². The standard InChI is InChI=1S/C20H28N2O2/c1-13(22-9-8-14-4-2-3-5-17(14)11-22)20(24)21-19-16-7-6-15(10-16)18(19)12-23/h2-5,13,15-16,18-19,23H,6-12H2,1H3,(H,21,24). The van der Waals surface area contributed by atoms with E-state index in [2.05, 4.69) is 34.5 Å². The first-order valence-corrected chi connectivity index (χ1v) is 9.39. The van der Waals surface area contributed by atoms with Crippen LogP contribution in [0.4, 0.5) is 0 Å². The van der Waals surface area contributed by atoms with E-state index < -0.39 is 0 Å². The molecule has 1 aromatic rings. The third-order valence-corrected chi connectivity index (χ3v) is 6.70. The van der Waals surface area contributed by atoms with Gasteiger partial charge < -0.3 is 10.4 Å². The van der Waals surface area contributed by atoms with Gasteiger partial charge in [-0.05, 0) is 55.6 Å². The van der Waals surface area contributed by atoms with Gasteiger partial charge in [-0.2, -0.15) is 0 Å². The largest absolute Gasteiger partial charge is 0.396 e. The zero-order chi connectivity index (χ0) is 16.7. The molecule has 2 fully saturated rings. The molecular formula is C20H28N2O2. The number of nitrogens with one attached hydrogen (secondary N) is 1. The molecule has 3 aliphatic rings. The molecule has 0 aromatic heterocycles. The highest BCUT2D eigenvalue weighted by Crippen LogP contribution is 2.48.